The highest BCUT2D eigenvalue weighted by Gasteiger charge is 2.28. The maximum absolute atomic E-state index is 12.3. The summed E-state index contributed by atoms with van der Waals surface area (Å²) < 4.78 is 40.1. The molecule has 7 heteroatoms. The predicted molar refractivity (Wildman–Crippen MR) is 83.2 cm³/mol. The van der Waals surface area contributed by atoms with Crippen LogP contribution < -0.4 is 14.2 Å². The van der Waals surface area contributed by atoms with E-state index in [2.05, 4.69) is 11.6 Å². The van der Waals surface area contributed by atoms with Gasteiger partial charge in [-0.2, -0.15) is 17.4 Å². The van der Waals surface area contributed by atoms with Crippen molar-refractivity contribution >= 4 is 10.2 Å². The zero-order chi connectivity index (χ0) is 15.6. The second kappa shape index (κ2) is 6.44. The lowest BCUT2D eigenvalue weighted by molar-refractivity contribution is 0.0938. The zero-order valence-electron chi connectivity index (χ0n) is 12.7. The first-order chi connectivity index (χ1) is 10.5. The molecule has 6 nitrogen and oxygen atoms in total. The van der Waals surface area contributed by atoms with Crippen LogP contribution in [0.5, 0.6) is 11.5 Å². The molecule has 1 saturated heterocycles. The van der Waals surface area contributed by atoms with Gasteiger partial charge < -0.3 is 9.47 Å². The van der Waals surface area contributed by atoms with E-state index in [1.807, 2.05) is 24.3 Å². The molecular weight excluding hydrogens is 304 g/mol. The third kappa shape index (κ3) is 3.53. The van der Waals surface area contributed by atoms with Gasteiger partial charge in [-0.1, -0.05) is 19.1 Å². The monoisotopic (exact) mass is 326 g/mol. The molecule has 122 valence electrons. The molecule has 1 fully saturated rings. The Hall–Kier alpha value is -1.31. The van der Waals surface area contributed by atoms with E-state index in [1.54, 1.807) is 0 Å². The number of hydrogen-bond donors (Lipinski definition) is 1. The van der Waals surface area contributed by atoms with Crippen LogP contribution in [-0.4, -0.2) is 45.1 Å². The molecule has 2 aliphatic rings. The number of fused-ring (bicyclic) bond motifs is 1. The lowest BCUT2D eigenvalue weighted by atomic mass is 10.0. The van der Waals surface area contributed by atoms with Crippen LogP contribution in [0.4, 0.5) is 0 Å². The van der Waals surface area contributed by atoms with Crippen molar-refractivity contribution in [3.8, 4) is 11.5 Å². The molecule has 0 bridgehead atoms. The average molecular weight is 326 g/mol. The number of benzene rings is 1. The molecule has 1 N–H and O–H groups in total. The molecule has 0 unspecified atom stereocenters. The number of rotatable bonds is 4. The summed E-state index contributed by atoms with van der Waals surface area (Å²) in [6.07, 6.45) is 1.52. The summed E-state index contributed by atoms with van der Waals surface area (Å²) in [6.45, 7) is 3.88. The molecule has 2 heterocycles. The Balaban J connectivity index is 1.54. The Bertz CT molecular complexity index is 612. The molecule has 0 spiro atoms. The Labute approximate surface area is 131 Å². The van der Waals surface area contributed by atoms with Gasteiger partial charge in [-0.15, -0.1) is 0 Å². The third-order valence-corrected chi connectivity index (χ3v) is 5.72. The van der Waals surface area contributed by atoms with Crippen molar-refractivity contribution in [2.45, 2.75) is 25.9 Å². The van der Waals surface area contributed by atoms with Crippen molar-refractivity contribution in [1.29, 1.82) is 0 Å². The van der Waals surface area contributed by atoms with Gasteiger partial charge in [0.05, 0.1) is 6.54 Å². The van der Waals surface area contributed by atoms with Gasteiger partial charge in [-0.25, -0.2) is 0 Å². The largest absolute Gasteiger partial charge is 0.486 e. The van der Waals surface area contributed by atoms with Crippen molar-refractivity contribution in [2.75, 3.05) is 26.2 Å². The van der Waals surface area contributed by atoms with Crippen LogP contribution in [-0.2, 0) is 10.2 Å². The number of hydrogen-bond acceptors (Lipinski definition) is 4. The lowest BCUT2D eigenvalue weighted by Gasteiger charge is -2.31. The van der Waals surface area contributed by atoms with Crippen LogP contribution in [0.25, 0.3) is 0 Å². The zero-order valence-corrected chi connectivity index (χ0v) is 13.5. The number of piperidine rings is 1. The van der Waals surface area contributed by atoms with Gasteiger partial charge in [0.1, 0.15) is 12.7 Å². The molecule has 1 aromatic carbocycles. The van der Waals surface area contributed by atoms with Gasteiger partial charge in [0, 0.05) is 13.1 Å². The molecule has 0 aliphatic carbocycles. The first kappa shape index (κ1) is 15.6. The number of ether oxygens (including phenoxy) is 2. The van der Waals surface area contributed by atoms with Crippen LogP contribution in [0.3, 0.4) is 0 Å². The summed E-state index contributed by atoms with van der Waals surface area (Å²) in [5.41, 5.74) is 0. The molecule has 1 atom stereocenters. The second-order valence-electron chi connectivity index (χ2n) is 5.93. The van der Waals surface area contributed by atoms with Gasteiger partial charge in [0.15, 0.2) is 11.5 Å². The quantitative estimate of drug-likeness (QED) is 0.908. The van der Waals surface area contributed by atoms with Crippen LogP contribution in [0, 0.1) is 5.92 Å². The van der Waals surface area contributed by atoms with Gasteiger partial charge in [-0.05, 0) is 30.9 Å². The van der Waals surface area contributed by atoms with Gasteiger partial charge in [0.2, 0.25) is 0 Å². The highest BCUT2D eigenvalue weighted by Crippen LogP contribution is 2.30. The topological polar surface area (TPSA) is 67.9 Å². The van der Waals surface area contributed by atoms with Gasteiger partial charge >= 0.3 is 0 Å². The van der Waals surface area contributed by atoms with Crippen molar-refractivity contribution in [1.82, 2.24) is 9.03 Å². The summed E-state index contributed by atoms with van der Waals surface area (Å²) in [6, 6.07) is 7.40. The van der Waals surface area contributed by atoms with E-state index in [-0.39, 0.29) is 12.6 Å². The molecular formula is C15H22N2O4S. The lowest BCUT2D eigenvalue weighted by Crippen LogP contribution is -2.48. The maximum atomic E-state index is 12.3. The number of nitrogens with one attached hydrogen (secondary N) is 1. The van der Waals surface area contributed by atoms with Crippen molar-refractivity contribution in [2.24, 2.45) is 5.92 Å². The molecule has 22 heavy (non-hydrogen) atoms. The van der Waals surface area contributed by atoms with Crippen LogP contribution in [0.1, 0.15) is 19.8 Å². The van der Waals surface area contributed by atoms with E-state index in [4.69, 9.17) is 9.47 Å². The molecule has 0 amide bonds. The SMILES string of the molecule is CC1CCN(S(=O)(=O)NC[C@H]2COc3ccccc3O2)CC1. The van der Waals surface area contributed by atoms with Gasteiger partial charge in [0.25, 0.3) is 10.2 Å². The average Bonchev–Trinajstić information content (AvgIpc) is 2.53. The molecule has 0 aromatic heterocycles. The summed E-state index contributed by atoms with van der Waals surface area (Å²) >= 11 is 0. The Morgan fingerprint density at radius 1 is 1.23 bits per heavy atom. The highest BCUT2D eigenvalue weighted by atomic mass is 32.2. The minimum absolute atomic E-state index is 0.211. The number of nitrogens with zero attached hydrogens (tertiary/aromatic N) is 1. The van der Waals surface area contributed by atoms with E-state index < -0.39 is 10.2 Å². The minimum Gasteiger partial charge on any atom is -0.486 e. The molecule has 0 saturated carbocycles. The molecule has 3 rings (SSSR count). The Kier molecular flexibility index (Phi) is 4.56. The first-order valence-electron chi connectivity index (χ1n) is 7.68. The fourth-order valence-corrected chi connectivity index (χ4v) is 3.95. The summed E-state index contributed by atoms with van der Waals surface area (Å²) in [5, 5.41) is 0. The normalized spacial score (nSPS) is 23.4. The van der Waals surface area contributed by atoms with E-state index in [0.717, 1.165) is 12.8 Å². The summed E-state index contributed by atoms with van der Waals surface area (Å²) in [5.74, 6) is 1.95. The molecule has 2 aliphatic heterocycles. The third-order valence-electron chi connectivity index (χ3n) is 4.14. The van der Waals surface area contributed by atoms with E-state index in [1.165, 1.54) is 4.31 Å². The van der Waals surface area contributed by atoms with Crippen LogP contribution in [0.15, 0.2) is 24.3 Å². The van der Waals surface area contributed by atoms with E-state index in [9.17, 15) is 8.42 Å². The van der Waals surface area contributed by atoms with Crippen molar-refractivity contribution < 1.29 is 17.9 Å². The predicted octanol–water partition coefficient (Wildman–Crippen LogP) is 1.39. The molecule has 0 radical (unpaired) electrons. The van der Waals surface area contributed by atoms with E-state index in [0.29, 0.717) is 37.1 Å². The minimum atomic E-state index is -3.44. The standard InChI is InChI=1S/C15H22N2O4S/c1-12-6-8-17(9-7-12)22(18,19)16-10-13-11-20-14-4-2-3-5-15(14)21-13/h2-5,12-13,16H,6-11H2,1H3/t13-/m0/s1. The summed E-state index contributed by atoms with van der Waals surface area (Å²) in [7, 11) is -3.44. The maximum Gasteiger partial charge on any atom is 0.279 e. The first-order valence-corrected chi connectivity index (χ1v) is 9.12. The Morgan fingerprint density at radius 2 is 1.91 bits per heavy atom. The highest BCUT2D eigenvalue weighted by molar-refractivity contribution is 7.87. The summed E-state index contributed by atoms with van der Waals surface area (Å²) in [4.78, 5) is 0. The second-order valence-corrected chi connectivity index (χ2v) is 7.69. The van der Waals surface area contributed by atoms with Crippen molar-refractivity contribution in [3.63, 3.8) is 0 Å². The Morgan fingerprint density at radius 3 is 2.64 bits per heavy atom. The molecule has 1 aromatic rings. The van der Waals surface area contributed by atoms with E-state index >= 15 is 0 Å². The van der Waals surface area contributed by atoms with Gasteiger partial charge in [-0.3, -0.25) is 0 Å². The van der Waals surface area contributed by atoms with Crippen LogP contribution >= 0.6 is 0 Å². The number of para-hydroxylation sites is 2. The van der Waals surface area contributed by atoms with Crippen molar-refractivity contribution in [3.05, 3.63) is 24.3 Å². The fourth-order valence-electron chi connectivity index (χ4n) is 2.68. The van der Waals surface area contributed by atoms with Crippen LogP contribution in [0.2, 0.25) is 0 Å². The smallest absolute Gasteiger partial charge is 0.279 e. The fraction of sp³-hybridized carbons (Fsp3) is 0.600.